The first-order valence-corrected chi connectivity index (χ1v) is 11.7. The van der Waals surface area contributed by atoms with Crippen LogP contribution in [0, 0.1) is 17.8 Å². The molecular formula is C24H41NO3. The topological polar surface area (TPSA) is 52.9 Å². The van der Waals surface area contributed by atoms with Gasteiger partial charge in [0.25, 0.3) is 0 Å². The summed E-state index contributed by atoms with van der Waals surface area (Å²) in [5.74, 6) is 1.20. The summed E-state index contributed by atoms with van der Waals surface area (Å²) < 4.78 is 5.87. The van der Waals surface area contributed by atoms with E-state index in [4.69, 9.17) is 4.74 Å². The number of unbranched alkanes of at least 4 members (excludes halogenated alkanes) is 2. The van der Waals surface area contributed by atoms with Gasteiger partial charge in [-0.2, -0.15) is 0 Å². The van der Waals surface area contributed by atoms with E-state index >= 15 is 0 Å². The number of aliphatic hydroxyl groups excluding tert-OH is 2. The third kappa shape index (κ3) is 6.41. The van der Waals surface area contributed by atoms with E-state index in [-0.39, 0.29) is 18.1 Å². The van der Waals surface area contributed by atoms with Gasteiger partial charge in [0, 0.05) is 12.5 Å². The lowest BCUT2D eigenvalue weighted by atomic mass is 9.88. The molecule has 0 radical (unpaired) electrons. The molecule has 2 aliphatic carbocycles. The van der Waals surface area contributed by atoms with E-state index < -0.39 is 0 Å². The van der Waals surface area contributed by atoms with Gasteiger partial charge in [0.15, 0.2) is 0 Å². The molecule has 5 atom stereocenters. The average Bonchev–Trinajstić information content (AvgIpc) is 3.37. The molecule has 3 rings (SSSR count). The van der Waals surface area contributed by atoms with Gasteiger partial charge in [-0.05, 0) is 63.5 Å². The number of allylic oxidation sites excluding steroid dienone is 1. The number of likely N-dealkylation sites (tertiary alicyclic amines) is 1. The molecule has 4 heteroatoms. The van der Waals surface area contributed by atoms with Crippen LogP contribution in [-0.2, 0) is 4.74 Å². The van der Waals surface area contributed by atoms with Gasteiger partial charge in [0.1, 0.15) is 0 Å². The number of hydrogen-bond donors (Lipinski definition) is 2. The first kappa shape index (κ1) is 22.0. The SMILES string of the molecule is CCCCC[C@H](O)/C=C/[C@@H]1[C@H]2CC(CCOCCN3CCCC3)=C[C@H]2C[C@H]1O. The maximum Gasteiger partial charge on any atom is 0.0721 e. The molecule has 1 saturated carbocycles. The fourth-order valence-electron chi connectivity index (χ4n) is 5.25. The van der Waals surface area contributed by atoms with Crippen molar-refractivity contribution in [1.82, 2.24) is 4.90 Å². The van der Waals surface area contributed by atoms with E-state index in [1.165, 1.54) is 44.3 Å². The number of aliphatic hydroxyl groups is 2. The Morgan fingerprint density at radius 1 is 1.25 bits per heavy atom. The van der Waals surface area contributed by atoms with Crippen molar-refractivity contribution < 1.29 is 14.9 Å². The average molecular weight is 392 g/mol. The molecule has 0 aromatic carbocycles. The summed E-state index contributed by atoms with van der Waals surface area (Å²) in [6.07, 6.45) is 15.7. The molecule has 1 aliphatic heterocycles. The van der Waals surface area contributed by atoms with Crippen LogP contribution in [-0.4, -0.2) is 60.2 Å². The Kier molecular flexibility index (Phi) is 9.04. The molecule has 160 valence electrons. The van der Waals surface area contributed by atoms with Crippen LogP contribution in [0.25, 0.3) is 0 Å². The van der Waals surface area contributed by atoms with Crippen LogP contribution in [0.15, 0.2) is 23.8 Å². The van der Waals surface area contributed by atoms with Crippen LogP contribution in [0.2, 0.25) is 0 Å². The van der Waals surface area contributed by atoms with Crippen molar-refractivity contribution in [2.24, 2.45) is 17.8 Å². The van der Waals surface area contributed by atoms with Crippen molar-refractivity contribution in [2.45, 2.75) is 76.9 Å². The summed E-state index contributed by atoms with van der Waals surface area (Å²) in [5, 5.41) is 20.6. The Morgan fingerprint density at radius 2 is 2.07 bits per heavy atom. The zero-order valence-electron chi connectivity index (χ0n) is 17.8. The highest BCUT2D eigenvalue weighted by Gasteiger charge is 2.43. The minimum absolute atomic E-state index is 0.190. The monoisotopic (exact) mass is 391 g/mol. The van der Waals surface area contributed by atoms with Crippen molar-refractivity contribution in [2.75, 3.05) is 32.8 Å². The molecule has 3 aliphatic rings. The summed E-state index contributed by atoms with van der Waals surface area (Å²) in [5.41, 5.74) is 1.50. The van der Waals surface area contributed by atoms with E-state index in [9.17, 15) is 10.2 Å². The zero-order chi connectivity index (χ0) is 19.8. The van der Waals surface area contributed by atoms with Gasteiger partial charge in [-0.1, -0.05) is 50.0 Å². The van der Waals surface area contributed by atoms with Crippen LogP contribution >= 0.6 is 0 Å². The number of rotatable bonds is 12. The molecule has 0 amide bonds. The molecule has 0 aromatic heterocycles. The molecule has 2 N–H and O–H groups in total. The van der Waals surface area contributed by atoms with Crippen molar-refractivity contribution in [3.63, 3.8) is 0 Å². The molecular weight excluding hydrogens is 350 g/mol. The maximum atomic E-state index is 10.5. The molecule has 4 nitrogen and oxygen atoms in total. The summed E-state index contributed by atoms with van der Waals surface area (Å²) in [4.78, 5) is 2.49. The van der Waals surface area contributed by atoms with Crippen molar-refractivity contribution in [3.05, 3.63) is 23.8 Å². The predicted molar refractivity (Wildman–Crippen MR) is 114 cm³/mol. The Hall–Kier alpha value is -0.680. The van der Waals surface area contributed by atoms with Crippen LogP contribution in [0.4, 0.5) is 0 Å². The van der Waals surface area contributed by atoms with Gasteiger partial charge in [0.05, 0.1) is 25.4 Å². The Balaban J connectivity index is 1.36. The predicted octanol–water partition coefficient (Wildman–Crippen LogP) is 3.93. The molecule has 1 saturated heterocycles. The molecule has 0 spiro atoms. The standard InChI is InChI=1S/C24H41NO3/c1-2-3-4-7-21(26)8-9-22-23-17-19(16-20(23)18-24(22)27)10-14-28-15-13-25-11-5-6-12-25/h8-9,16,20-24,26-27H,2-7,10-15,17-18H2,1H3/b9-8+/t20-,21-,22+,23-,24+/m0/s1. The number of nitrogens with zero attached hydrogens (tertiary/aromatic N) is 1. The van der Waals surface area contributed by atoms with E-state index in [2.05, 4.69) is 24.0 Å². The fourth-order valence-corrected chi connectivity index (χ4v) is 5.25. The highest BCUT2D eigenvalue weighted by molar-refractivity contribution is 5.21. The third-order valence-corrected chi connectivity index (χ3v) is 6.93. The van der Waals surface area contributed by atoms with Crippen molar-refractivity contribution in [1.29, 1.82) is 0 Å². The van der Waals surface area contributed by atoms with E-state index in [1.807, 2.05) is 6.08 Å². The van der Waals surface area contributed by atoms with Gasteiger partial charge in [0.2, 0.25) is 0 Å². The van der Waals surface area contributed by atoms with Crippen molar-refractivity contribution in [3.8, 4) is 0 Å². The second-order valence-corrected chi connectivity index (χ2v) is 9.10. The van der Waals surface area contributed by atoms with Gasteiger partial charge in [-0.3, -0.25) is 0 Å². The molecule has 2 fully saturated rings. The maximum absolute atomic E-state index is 10.5. The number of ether oxygens (including phenoxy) is 1. The Morgan fingerprint density at radius 3 is 2.86 bits per heavy atom. The second-order valence-electron chi connectivity index (χ2n) is 9.10. The van der Waals surface area contributed by atoms with Crippen LogP contribution < -0.4 is 0 Å². The minimum atomic E-state index is -0.365. The van der Waals surface area contributed by atoms with Gasteiger partial charge >= 0.3 is 0 Å². The minimum Gasteiger partial charge on any atom is -0.392 e. The highest BCUT2D eigenvalue weighted by Crippen LogP contribution is 2.47. The van der Waals surface area contributed by atoms with Crippen LogP contribution in [0.1, 0.15) is 64.7 Å². The molecule has 28 heavy (non-hydrogen) atoms. The molecule has 0 aromatic rings. The van der Waals surface area contributed by atoms with Crippen LogP contribution in [0.3, 0.4) is 0 Å². The third-order valence-electron chi connectivity index (χ3n) is 6.93. The largest absolute Gasteiger partial charge is 0.392 e. The lowest BCUT2D eigenvalue weighted by Crippen LogP contribution is -2.24. The molecule has 0 unspecified atom stereocenters. The highest BCUT2D eigenvalue weighted by atomic mass is 16.5. The lowest BCUT2D eigenvalue weighted by Gasteiger charge is -2.19. The Bertz CT molecular complexity index is 512. The molecule has 0 bridgehead atoms. The smallest absolute Gasteiger partial charge is 0.0721 e. The lowest BCUT2D eigenvalue weighted by molar-refractivity contribution is 0.112. The Labute approximate surface area is 171 Å². The van der Waals surface area contributed by atoms with E-state index in [0.717, 1.165) is 51.9 Å². The summed E-state index contributed by atoms with van der Waals surface area (Å²) in [7, 11) is 0. The number of fused-ring (bicyclic) bond motifs is 1. The summed E-state index contributed by atoms with van der Waals surface area (Å²) >= 11 is 0. The number of hydrogen-bond acceptors (Lipinski definition) is 4. The fraction of sp³-hybridized carbons (Fsp3) is 0.833. The molecule has 1 heterocycles. The van der Waals surface area contributed by atoms with Crippen molar-refractivity contribution >= 4 is 0 Å². The van der Waals surface area contributed by atoms with E-state index in [1.54, 1.807) is 0 Å². The van der Waals surface area contributed by atoms with Gasteiger partial charge in [-0.15, -0.1) is 0 Å². The summed E-state index contributed by atoms with van der Waals surface area (Å²) in [6.45, 7) is 7.40. The second kappa shape index (κ2) is 11.5. The first-order chi connectivity index (χ1) is 13.7. The quantitative estimate of drug-likeness (QED) is 0.391. The summed E-state index contributed by atoms with van der Waals surface area (Å²) in [6, 6.07) is 0. The van der Waals surface area contributed by atoms with Gasteiger partial charge in [-0.25, -0.2) is 0 Å². The first-order valence-electron chi connectivity index (χ1n) is 11.7. The van der Waals surface area contributed by atoms with E-state index in [0.29, 0.717) is 11.8 Å². The van der Waals surface area contributed by atoms with Crippen LogP contribution in [0.5, 0.6) is 0 Å². The zero-order valence-corrected chi connectivity index (χ0v) is 17.8. The van der Waals surface area contributed by atoms with Gasteiger partial charge < -0.3 is 19.8 Å². The normalized spacial score (nSPS) is 31.6.